The lowest BCUT2D eigenvalue weighted by molar-refractivity contribution is -0.129. The van der Waals surface area contributed by atoms with Crippen LogP contribution in [0.3, 0.4) is 0 Å². The number of carbonyl (C=O) groups is 2. The number of amides is 2. The number of sulfone groups is 1. The highest BCUT2D eigenvalue weighted by atomic mass is 32.2. The fourth-order valence-corrected chi connectivity index (χ4v) is 8.37. The number of hydroxylamine groups is 1. The quantitative estimate of drug-likeness (QED) is 0.380. The molecule has 11 heteroatoms. The Morgan fingerprint density at radius 3 is 2.56 bits per heavy atom. The average Bonchev–Trinajstić information content (AvgIpc) is 3.53. The summed E-state index contributed by atoms with van der Waals surface area (Å²) in [5, 5.41) is 12.7. The molecule has 180 valence electrons. The summed E-state index contributed by atoms with van der Waals surface area (Å²) in [4.78, 5) is 28.1. The van der Waals surface area contributed by atoms with Crippen molar-refractivity contribution >= 4 is 44.3 Å². The second-order valence-corrected chi connectivity index (χ2v) is 12.3. The number of ether oxygens (including phenoxy) is 1. The number of nitrogens with one attached hydrogen (secondary N) is 1. The van der Waals surface area contributed by atoms with Gasteiger partial charge < -0.3 is 9.64 Å². The summed E-state index contributed by atoms with van der Waals surface area (Å²) in [6, 6.07) is 12.7. The first kappa shape index (κ1) is 24.4. The van der Waals surface area contributed by atoms with Crippen molar-refractivity contribution in [1.82, 2.24) is 10.4 Å². The zero-order valence-electron chi connectivity index (χ0n) is 18.4. The van der Waals surface area contributed by atoms with E-state index < -0.39 is 26.9 Å². The van der Waals surface area contributed by atoms with E-state index in [9.17, 15) is 23.2 Å². The molecule has 4 rings (SSSR count). The first-order chi connectivity index (χ1) is 16.3. The summed E-state index contributed by atoms with van der Waals surface area (Å²) >= 11 is 2.69. The van der Waals surface area contributed by atoms with Crippen LogP contribution < -0.4 is 10.2 Å². The Balaban J connectivity index is 1.72. The maximum Gasteiger partial charge on any atom is 0.254 e. The maximum absolute atomic E-state index is 13.7. The normalized spacial score (nSPS) is 19.9. The Bertz CT molecular complexity index is 1270. The van der Waals surface area contributed by atoms with Gasteiger partial charge in [0.05, 0.1) is 24.8 Å². The lowest BCUT2D eigenvalue weighted by Crippen LogP contribution is -2.41. The van der Waals surface area contributed by atoms with Crippen LogP contribution >= 0.6 is 22.7 Å². The molecule has 0 saturated carbocycles. The second-order valence-electron chi connectivity index (χ2n) is 7.97. The van der Waals surface area contributed by atoms with Gasteiger partial charge in [-0.1, -0.05) is 0 Å². The van der Waals surface area contributed by atoms with E-state index in [2.05, 4.69) is 0 Å². The Kier molecular flexibility index (Phi) is 7.08. The van der Waals surface area contributed by atoms with E-state index >= 15 is 0 Å². The Hall–Kier alpha value is -2.73. The summed E-state index contributed by atoms with van der Waals surface area (Å²) in [6.45, 7) is 0.207. The third-order valence-corrected chi connectivity index (χ3v) is 10.7. The third kappa shape index (κ3) is 4.61. The van der Waals surface area contributed by atoms with E-state index in [4.69, 9.17) is 4.74 Å². The van der Waals surface area contributed by atoms with Crippen molar-refractivity contribution in [2.45, 2.75) is 17.6 Å². The Labute approximate surface area is 205 Å². The van der Waals surface area contributed by atoms with Crippen LogP contribution in [0.15, 0.2) is 53.2 Å². The molecule has 8 nitrogen and oxygen atoms in total. The molecule has 0 spiro atoms. The molecule has 1 saturated heterocycles. The second kappa shape index (κ2) is 9.87. The molecule has 1 aliphatic heterocycles. The molecule has 1 aliphatic rings. The molecular weight excluding hydrogens is 496 g/mol. The molecule has 1 fully saturated rings. The number of carbonyl (C=O) groups excluding carboxylic acids is 2. The van der Waals surface area contributed by atoms with Gasteiger partial charge >= 0.3 is 0 Å². The van der Waals surface area contributed by atoms with Crippen molar-refractivity contribution in [2.24, 2.45) is 0 Å². The summed E-state index contributed by atoms with van der Waals surface area (Å²) in [5.41, 5.74) is 2.98. The minimum absolute atomic E-state index is 0.0379. The number of benzene rings is 1. The van der Waals surface area contributed by atoms with Crippen LogP contribution in [-0.4, -0.2) is 56.3 Å². The smallest absolute Gasteiger partial charge is 0.254 e. The van der Waals surface area contributed by atoms with E-state index in [1.807, 2.05) is 30.3 Å². The van der Waals surface area contributed by atoms with Crippen LogP contribution in [0.4, 0.5) is 0 Å². The van der Waals surface area contributed by atoms with Crippen molar-refractivity contribution in [3.05, 3.63) is 63.7 Å². The Morgan fingerprint density at radius 2 is 1.91 bits per heavy atom. The number of rotatable bonds is 6. The molecule has 0 aliphatic carbocycles. The van der Waals surface area contributed by atoms with Gasteiger partial charge in [-0.3, -0.25) is 14.8 Å². The number of hydrogen-bond donors (Lipinski definition) is 2. The van der Waals surface area contributed by atoms with Crippen LogP contribution in [-0.2, 0) is 19.4 Å². The third-order valence-electron chi connectivity index (χ3n) is 6.07. The van der Waals surface area contributed by atoms with Gasteiger partial charge in [-0.2, -0.15) is 11.3 Å². The van der Waals surface area contributed by atoms with Gasteiger partial charge in [0.1, 0.15) is 10.5 Å². The molecule has 2 N–H and O–H groups in total. The fourth-order valence-electron chi connectivity index (χ4n) is 4.13. The summed E-state index contributed by atoms with van der Waals surface area (Å²) in [5.74, 6) is -0.597. The number of nitrogens with zero attached hydrogens (tertiary/aromatic N) is 1. The molecule has 1 atom stereocenters. The number of thiophene rings is 2. The van der Waals surface area contributed by atoms with Crippen LogP contribution in [0.5, 0.6) is 5.75 Å². The standard InChI is InChI=1S/C23H24N2O6S3/c1-31-18-4-2-16(3-5-18)19-6-7-20(33-19)23(14-21(26)24-28)9-10-25(11-13-34(23,29)30)22(27)17-8-12-32-15-17/h2-8,12,15,28H,9-11,13-14H2,1H3,(H,24,26)/t23-/m0/s1. The van der Waals surface area contributed by atoms with Crippen molar-refractivity contribution < 1.29 is 28.0 Å². The van der Waals surface area contributed by atoms with Gasteiger partial charge in [-0.15, -0.1) is 11.3 Å². The summed E-state index contributed by atoms with van der Waals surface area (Å²) < 4.78 is 30.9. The predicted molar refractivity (Wildman–Crippen MR) is 131 cm³/mol. The highest BCUT2D eigenvalue weighted by Gasteiger charge is 2.49. The monoisotopic (exact) mass is 520 g/mol. The summed E-state index contributed by atoms with van der Waals surface area (Å²) in [6.07, 6.45) is -0.393. The van der Waals surface area contributed by atoms with Crippen LogP contribution in [0, 0.1) is 0 Å². The van der Waals surface area contributed by atoms with E-state index in [1.165, 1.54) is 27.6 Å². The van der Waals surface area contributed by atoms with E-state index in [-0.39, 0.29) is 31.2 Å². The molecule has 34 heavy (non-hydrogen) atoms. The summed E-state index contributed by atoms with van der Waals surface area (Å²) in [7, 11) is -2.29. The predicted octanol–water partition coefficient (Wildman–Crippen LogP) is 3.54. The zero-order chi connectivity index (χ0) is 24.3. The molecule has 3 heterocycles. The largest absolute Gasteiger partial charge is 0.497 e. The van der Waals surface area contributed by atoms with E-state index in [0.717, 1.165) is 10.4 Å². The SMILES string of the molecule is COc1ccc(-c2ccc([C@@]3(CC(=O)NO)CCN(C(=O)c4ccsc4)CCS3(=O)=O)s2)cc1. The van der Waals surface area contributed by atoms with E-state index in [0.29, 0.717) is 16.2 Å². The molecular formula is C23H24N2O6S3. The highest BCUT2D eigenvalue weighted by Crippen LogP contribution is 2.45. The number of methoxy groups -OCH3 is 1. The van der Waals surface area contributed by atoms with Crippen molar-refractivity contribution in [1.29, 1.82) is 0 Å². The van der Waals surface area contributed by atoms with Gasteiger partial charge in [0.25, 0.3) is 5.91 Å². The molecule has 0 bridgehead atoms. The first-order valence-corrected chi connectivity index (χ1v) is 13.9. The molecule has 3 aromatic rings. The van der Waals surface area contributed by atoms with Gasteiger partial charge in [0.15, 0.2) is 9.84 Å². The van der Waals surface area contributed by atoms with Gasteiger partial charge in [-0.25, -0.2) is 13.9 Å². The first-order valence-electron chi connectivity index (χ1n) is 10.5. The van der Waals surface area contributed by atoms with Crippen LogP contribution in [0.25, 0.3) is 10.4 Å². The van der Waals surface area contributed by atoms with Crippen molar-refractivity contribution in [2.75, 3.05) is 26.0 Å². The van der Waals surface area contributed by atoms with Crippen molar-refractivity contribution in [3.8, 4) is 16.2 Å². The lowest BCUT2D eigenvalue weighted by Gasteiger charge is -2.30. The van der Waals surface area contributed by atoms with Crippen LogP contribution in [0.1, 0.15) is 28.1 Å². The number of hydrogen-bond acceptors (Lipinski definition) is 8. The molecule has 1 aromatic carbocycles. The molecule has 2 amide bonds. The minimum atomic E-state index is -3.87. The van der Waals surface area contributed by atoms with Gasteiger partial charge in [-0.05, 0) is 59.8 Å². The molecule has 0 radical (unpaired) electrons. The molecule has 0 unspecified atom stereocenters. The average molecular weight is 521 g/mol. The topological polar surface area (TPSA) is 113 Å². The van der Waals surface area contributed by atoms with Gasteiger partial charge in [0, 0.05) is 28.2 Å². The maximum atomic E-state index is 13.7. The van der Waals surface area contributed by atoms with Crippen molar-refractivity contribution in [3.63, 3.8) is 0 Å². The highest BCUT2D eigenvalue weighted by molar-refractivity contribution is 7.92. The minimum Gasteiger partial charge on any atom is -0.497 e. The lowest BCUT2D eigenvalue weighted by atomic mass is 9.97. The fraction of sp³-hybridized carbons (Fsp3) is 0.304. The Morgan fingerprint density at radius 1 is 1.15 bits per heavy atom. The van der Waals surface area contributed by atoms with Crippen LogP contribution in [0.2, 0.25) is 0 Å². The van der Waals surface area contributed by atoms with Gasteiger partial charge in [0.2, 0.25) is 5.91 Å². The molecule has 2 aromatic heterocycles. The zero-order valence-corrected chi connectivity index (χ0v) is 20.8. The van der Waals surface area contributed by atoms with E-state index in [1.54, 1.807) is 35.5 Å².